The lowest BCUT2D eigenvalue weighted by atomic mass is 9.88. The van der Waals surface area contributed by atoms with E-state index >= 15 is 0 Å². The average molecular weight is 275 g/mol. The Bertz CT molecular complexity index is 401. The van der Waals surface area contributed by atoms with Crippen LogP contribution in [0.5, 0.6) is 0 Å². The van der Waals surface area contributed by atoms with Crippen molar-refractivity contribution in [1.82, 2.24) is 10.3 Å². The summed E-state index contributed by atoms with van der Waals surface area (Å²) >= 11 is 0. The van der Waals surface area contributed by atoms with Gasteiger partial charge in [0.2, 0.25) is 0 Å². The van der Waals surface area contributed by atoms with Crippen molar-refractivity contribution in [1.29, 1.82) is 0 Å². The summed E-state index contributed by atoms with van der Waals surface area (Å²) in [5.41, 5.74) is 2.44. The van der Waals surface area contributed by atoms with Gasteiger partial charge in [-0.3, -0.25) is 4.98 Å². The van der Waals surface area contributed by atoms with Gasteiger partial charge in [-0.15, -0.1) is 0 Å². The van der Waals surface area contributed by atoms with E-state index in [0.29, 0.717) is 6.04 Å². The van der Waals surface area contributed by atoms with E-state index in [1.807, 2.05) is 0 Å². The van der Waals surface area contributed by atoms with Gasteiger partial charge in [-0.1, -0.05) is 27.7 Å². The van der Waals surface area contributed by atoms with E-state index in [0.717, 1.165) is 43.6 Å². The SMILES string of the molecule is CCNC(CC)c1ccc(N2CCC(C)C(C)C2)cn1. The Hall–Kier alpha value is -1.09. The van der Waals surface area contributed by atoms with Gasteiger partial charge in [0.25, 0.3) is 0 Å². The first-order chi connectivity index (χ1) is 9.65. The first kappa shape index (κ1) is 15.3. The zero-order valence-electron chi connectivity index (χ0n) is 13.4. The van der Waals surface area contributed by atoms with E-state index in [1.165, 1.54) is 12.1 Å². The molecule has 0 aromatic carbocycles. The van der Waals surface area contributed by atoms with Gasteiger partial charge < -0.3 is 10.2 Å². The molecule has 1 aromatic heterocycles. The number of aromatic nitrogens is 1. The maximum absolute atomic E-state index is 4.68. The fourth-order valence-corrected chi connectivity index (χ4v) is 2.99. The number of hydrogen-bond acceptors (Lipinski definition) is 3. The molecular weight excluding hydrogens is 246 g/mol. The lowest BCUT2D eigenvalue weighted by Crippen LogP contribution is -2.38. The van der Waals surface area contributed by atoms with Crippen LogP contribution in [0.25, 0.3) is 0 Å². The van der Waals surface area contributed by atoms with E-state index in [9.17, 15) is 0 Å². The highest BCUT2D eigenvalue weighted by Gasteiger charge is 2.23. The summed E-state index contributed by atoms with van der Waals surface area (Å²) in [6, 6.07) is 4.81. The molecule has 0 saturated carbocycles. The van der Waals surface area contributed by atoms with Crippen molar-refractivity contribution in [3.05, 3.63) is 24.0 Å². The molecule has 0 bridgehead atoms. The quantitative estimate of drug-likeness (QED) is 0.889. The van der Waals surface area contributed by atoms with Crippen LogP contribution in [-0.4, -0.2) is 24.6 Å². The molecule has 2 rings (SSSR count). The fourth-order valence-electron chi connectivity index (χ4n) is 2.99. The lowest BCUT2D eigenvalue weighted by Gasteiger charge is -2.36. The molecule has 2 heterocycles. The monoisotopic (exact) mass is 275 g/mol. The molecule has 3 atom stereocenters. The van der Waals surface area contributed by atoms with Gasteiger partial charge >= 0.3 is 0 Å². The van der Waals surface area contributed by atoms with E-state index < -0.39 is 0 Å². The predicted octanol–water partition coefficient (Wildman–Crippen LogP) is 3.62. The zero-order valence-corrected chi connectivity index (χ0v) is 13.4. The zero-order chi connectivity index (χ0) is 14.5. The molecule has 0 amide bonds. The molecular formula is C17H29N3. The first-order valence-corrected chi connectivity index (χ1v) is 8.10. The number of hydrogen-bond donors (Lipinski definition) is 1. The van der Waals surface area contributed by atoms with Crippen molar-refractivity contribution in [3.63, 3.8) is 0 Å². The highest BCUT2D eigenvalue weighted by atomic mass is 15.1. The Morgan fingerprint density at radius 1 is 1.30 bits per heavy atom. The maximum Gasteiger partial charge on any atom is 0.0574 e. The van der Waals surface area contributed by atoms with Gasteiger partial charge in [-0.2, -0.15) is 0 Å². The van der Waals surface area contributed by atoms with Crippen LogP contribution in [0.3, 0.4) is 0 Å². The fraction of sp³-hybridized carbons (Fsp3) is 0.706. The third-order valence-electron chi connectivity index (χ3n) is 4.69. The van der Waals surface area contributed by atoms with Crippen LogP contribution in [-0.2, 0) is 0 Å². The summed E-state index contributed by atoms with van der Waals surface area (Å²) < 4.78 is 0. The van der Waals surface area contributed by atoms with Crippen LogP contribution in [0.2, 0.25) is 0 Å². The Morgan fingerprint density at radius 2 is 2.10 bits per heavy atom. The Labute approximate surface area is 123 Å². The van der Waals surface area contributed by atoms with Crippen molar-refractivity contribution in [3.8, 4) is 0 Å². The number of rotatable bonds is 5. The number of pyridine rings is 1. The third-order valence-corrected chi connectivity index (χ3v) is 4.69. The molecule has 112 valence electrons. The topological polar surface area (TPSA) is 28.2 Å². The summed E-state index contributed by atoms with van der Waals surface area (Å²) in [6.07, 6.45) is 4.42. The molecule has 1 aromatic rings. The van der Waals surface area contributed by atoms with Gasteiger partial charge in [0.15, 0.2) is 0 Å². The molecule has 1 aliphatic heterocycles. The second-order valence-electron chi connectivity index (χ2n) is 6.15. The molecule has 1 aliphatic rings. The van der Waals surface area contributed by atoms with Crippen molar-refractivity contribution < 1.29 is 0 Å². The van der Waals surface area contributed by atoms with Gasteiger partial charge in [0.05, 0.1) is 17.6 Å². The van der Waals surface area contributed by atoms with Crippen LogP contribution in [0.4, 0.5) is 5.69 Å². The number of nitrogens with one attached hydrogen (secondary N) is 1. The number of nitrogens with zero attached hydrogens (tertiary/aromatic N) is 2. The number of anilines is 1. The van der Waals surface area contributed by atoms with Crippen molar-refractivity contribution in [2.24, 2.45) is 11.8 Å². The normalized spacial score (nSPS) is 24.7. The van der Waals surface area contributed by atoms with Crippen molar-refractivity contribution in [2.75, 3.05) is 24.5 Å². The average Bonchev–Trinajstić information content (AvgIpc) is 2.48. The van der Waals surface area contributed by atoms with Gasteiger partial charge in [-0.05, 0) is 43.4 Å². The largest absolute Gasteiger partial charge is 0.370 e. The summed E-state index contributed by atoms with van der Waals surface area (Å²) in [4.78, 5) is 7.17. The van der Waals surface area contributed by atoms with Crippen LogP contribution < -0.4 is 10.2 Å². The lowest BCUT2D eigenvalue weighted by molar-refractivity contribution is 0.324. The Kier molecular flexibility index (Phi) is 5.41. The minimum Gasteiger partial charge on any atom is -0.370 e. The highest BCUT2D eigenvalue weighted by molar-refractivity contribution is 5.45. The van der Waals surface area contributed by atoms with Crippen molar-refractivity contribution in [2.45, 2.75) is 46.6 Å². The molecule has 0 spiro atoms. The van der Waals surface area contributed by atoms with Crippen LogP contribution in [0.1, 0.15) is 52.3 Å². The van der Waals surface area contributed by atoms with Crippen LogP contribution in [0.15, 0.2) is 18.3 Å². The van der Waals surface area contributed by atoms with E-state index in [-0.39, 0.29) is 0 Å². The smallest absolute Gasteiger partial charge is 0.0574 e. The molecule has 1 N–H and O–H groups in total. The molecule has 3 nitrogen and oxygen atoms in total. The molecule has 0 radical (unpaired) electrons. The van der Waals surface area contributed by atoms with Crippen LogP contribution >= 0.6 is 0 Å². The Morgan fingerprint density at radius 3 is 2.65 bits per heavy atom. The number of piperidine rings is 1. The third kappa shape index (κ3) is 3.51. The van der Waals surface area contributed by atoms with Crippen LogP contribution in [0, 0.1) is 11.8 Å². The van der Waals surface area contributed by atoms with Gasteiger partial charge in [0, 0.05) is 19.1 Å². The predicted molar refractivity (Wildman–Crippen MR) is 86.1 cm³/mol. The van der Waals surface area contributed by atoms with Gasteiger partial charge in [-0.25, -0.2) is 0 Å². The molecule has 3 unspecified atom stereocenters. The summed E-state index contributed by atoms with van der Waals surface area (Å²) in [5.74, 6) is 1.62. The minimum absolute atomic E-state index is 0.384. The molecule has 0 aliphatic carbocycles. The summed E-state index contributed by atoms with van der Waals surface area (Å²) in [7, 11) is 0. The second-order valence-corrected chi connectivity index (χ2v) is 6.15. The standard InChI is InChI=1S/C17H29N3/c1-5-16(18-6-2)17-8-7-15(11-19-17)20-10-9-13(3)14(4)12-20/h7-8,11,13-14,16,18H,5-6,9-10,12H2,1-4H3. The molecule has 1 fully saturated rings. The van der Waals surface area contributed by atoms with Gasteiger partial charge in [0.1, 0.15) is 0 Å². The summed E-state index contributed by atoms with van der Waals surface area (Å²) in [6.45, 7) is 12.4. The second kappa shape index (κ2) is 7.07. The van der Waals surface area contributed by atoms with E-state index in [1.54, 1.807) is 0 Å². The Balaban J connectivity index is 2.04. The maximum atomic E-state index is 4.68. The highest BCUT2D eigenvalue weighted by Crippen LogP contribution is 2.27. The minimum atomic E-state index is 0.384. The summed E-state index contributed by atoms with van der Waals surface area (Å²) in [5, 5.41) is 3.48. The molecule has 3 heteroatoms. The van der Waals surface area contributed by atoms with Crippen molar-refractivity contribution >= 4 is 5.69 Å². The molecule has 1 saturated heterocycles. The van der Waals surface area contributed by atoms with E-state index in [4.69, 9.17) is 0 Å². The first-order valence-electron chi connectivity index (χ1n) is 8.10. The molecule has 20 heavy (non-hydrogen) atoms. The van der Waals surface area contributed by atoms with E-state index in [2.05, 4.69) is 61.2 Å².